The average Bonchev–Trinajstić information content (AvgIpc) is 2.91. The van der Waals surface area contributed by atoms with E-state index in [1.54, 1.807) is 24.3 Å². The topological polar surface area (TPSA) is 90.0 Å². The summed E-state index contributed by atoms with van der Waals surface area (Å²) < 4.78 is 9.32. The van der Waals surface area contributed by atoms with E-state index in [9.17, 15) is 19.2 Å². The highest BCUT2D eigenvalue weighted by Gasteiger charge is 2.37. The zero-order valence-electron chi connectivity index (χ0n) is 13.4. The number of ether oxygens (including phenoxy) is 2. The van der Waals surface area contributed by atoms with Crippen molar-refractivity contribution in [3.63, 3.8) is 0 Å². The van der Waals surface area contributed by atoms with E-state index in [1.807, 2.05) is 0 Å². The minimum Gasteiger partial charge on any atom is -0.465 e. The number of anilines is 1. The molecule has 7 nitrogen and oxygen atoms in total. The Morgan fingerprint density at radius 1 is 0.800 bits per heavy atom. The number of hydrogen-bond acceptors (Lipinski definition) is 6. The molecule has 1 aliphatic rings. The van der Waals surface area contributed by atoms with E-state index in [1.165, 1.54) is 32.4 Å². The van der Waals surface area contributed by atoms with Crippen molar-refractivity contribution in [1.82, 2.24) is 0 Å². The molecule has 25 heavy (non-hydrogen) atoms. The fourth-order valence-electron chi connectivity index (χ4n) is 2.64. The SMILES string of the molecule is COC(=O)c1cc(C(=O)OC)cc(N2C(=O)c3ccccc3C2=O)c1. The van der Waals surface area contributed by atoms with Crippen molar-refractivity contribution in [2.24, 2.45) is 0 Å². The minimum absolute atomic E-state index is 0.0250. The Balaban J connectivity index is 2.14. The molecule has 0 N–H and O–H groups in total. The van der Waals surface area contributed by atoms with Gasteiger partial charge in [0.25, 0.3) is 11.8 Å². The van der Waals surface area contributed by atoms with E-state index in [-0.39, 0.29) is 27.9 Å². The molecule has 126 valence electrons. The minimum atomic E-state index is -0.705. The highest BCUT2D eigenvalue weighted by atomic mass is 16.5. The number of esters is 2. The van der Waals surface area contributed by atoms with E-state index in [2.05, 4.69) is 9.47 Å². The van der Waals surface area contributed by atoms with Gasteiger partial charge in [-0.1, -0.05) is 12.1 Å². The van der Waals surface area contributed by atoms with Gasteiger partial charge in [0.2, 0.25) is 0 Å². The van der Waals surface area contributed by atoms with Crippen molar-refractivity contribution < 1.29 is 28.7 Å². The first kappa shape index (κ1) is 16.4. The smallest absolute Gasteiger partial charge is 0.337 e. The summed E-state index contributed by atoms with van der Waals surface area (Å²) >= 11 is 0. The number of methoxy groups -OCH3 is 2. The van der Waals surface area contributed by atoms with Crippen LogP contribution in [-0.4, -0.2) is 38.0 Å². The van der Waals surface area contributed by atoms with E-state index >= 15 is 0 Å². The maximum Gasteiger partial charge on any atom is 0.337 e. The number of hydrogen-bond donors (Lipinski definition) is 0. The van der Waals surface area contributed by atoms with Gasteiger partial charge in [0.05, 0.1) is 42.2 Å². The molecule has 1 heterocycles. The maximum atomic E-state index is 12.6. The van der Waals surface area contributed by atoms with E-state index < -0.39 is 23.8 Å². The molecule has 0 bridgehead atoms. The first-order chi connectivity index (χ1) is 12.0. The molecule has 0 saturated heterocycles. The fourth-order valence-corrected chi connectivity index (χ4v) is 2.64. The maximum absolute atomic E-state index is 12.6. The molecule has 0 aromatic heterocycles. The predicted octanol–water partition coefficient (Wildman–Crippen LogP) is 2.06. The zero-order chi connectivity index (χ0) is 18.1. The molecular formula is C18H13NO6. The molecule has 0 aliphatic carbocycles. The molecule has 0 atom stereocenters. The number of carbonyl (C=O) groups excluding carboxylic acids is 4. The molecule has 2 aromatic rings. The number of fused-ring (bicyclic) bond motifs is 1. The van der Waals surface area contributed by atoms with Crippen molar-refractivity contribution in [2.45, 2.75) is 0 Å². The quantitative estimate of drug-likeness (QED) is 0.628. The van der Waals surface area contributed by atoms with Crippen molar-refractivity contribution in [2.75, 3.05) is 19.1 Å². The lowest BCUT2D eigenvalue weighted by atomic mass is 10.1. The molecular weight excluding hydrogens is 326 g/mol. The van der Waals surface area contributed by atoms with Gasteiger partial charge < -0.3 is 9.47 Å². The zero-order valence-corrected chi connectivity index (χ0v) is 13.4. The molecule has 0 spiro atoms. The Bertz CT molecular complexity index is 848. The van der Waals surface area contributed by atoms with Gasteiger partial charge in [-0.15, -0.1) is 0 Å². The summed E-state index contributed by atoms with van der Waals surface area (Å²) in [5.74, 6) is -2.47. The van der Waals surface area contributed by atoms with E-state index in [4.69, 9.17) is 0 Å². The van der Waals surface area contributed by atoms with Crippen molar-refractivity contribution in [3.8, 4) is 0 Å². The van der Waals surface area contributed by atoms with Crippen LogP contribution in [0.2, 0.25) is 0 Å². The summed E-state index contributed by atoms with van der Waals surface area (Å²) in [5.41, 5.74) is 0.662. The Hall–Kier alpha value is -3.48. The van der Waals surface area contributed by atoms with Gasteiger partial charge >= 0.3 is 11.9 Å². The fraction of sp³-hybridized carbons (Fsp3) is 0.111. The van der Waals surface area contributed by atoms with Crippen LogP contribution in [0, 0.1) is 0 Å². The Kier molecular flexibility index (Phi) is 4.06. The highest BCUT2D eigenvalue weighted by molar-refractivity contribution is 6.34. The van der Waals surface area contributed by atoms with Gasteiger partial charge in [0, 0.05) is 0 Å². The molecule has 0 saturated carbocycles. The summed E-state index contributed by atoms with van der Waals surface area (Å²) in [6.45, 7) is 0. The van der Waals surface area contributed by atoms with Crippen LogP contribution in [-0.2, 0) is 9.47 Å². The summed E-state index contributed by atoms with van der Waals surface area (Å²) in [4.78, 5) is 49.8. The second kappa shape index (κ2) is 6.20. The summed E-state index contributed by atoms with van der Waals surface area (Å²) in [6.07, 6.45) is 0. The van der Waals surface area contributed by atoms with Gasteiger partial charge in [-0.2, -0.15) is 0 Å². The van der Waals surface area contributed by atoms with Crippen LogP contribution in [0.3, 0.4) is 0 Å². The lowest BCUT2D eigenvalue weighted by Gasteiger charge is -2.16. The second-order valence-corrected chi connectivity index (χ2v) is 5.24. The Morgan fingerprint density at radius 2 is 1.24 bits per heavy atom. The van der Waals surface area contributed by atoms with Crippen LogP contribution in [0.15, 0.2) is 42.5 Å². The Morgan fingerprint density at radius 3 is 1.64 bits per heavy atom. The van der Waals surface area contributed by atoms with Crippen LogP contribution in [0.5, 0.6) is 0 Å². The summed E-state index contributed by atoms with van der Waals surface area (Å²) in [6, 6.07) is 10.3. The van der Waals surface area contributed by atoms with E-state index in [0.717, 1.165) is 4.90 Å². The first-order valence-electron chi connectivity index (χ1n) is 7.27. The molecule has 3 rings (SSSR count). The third kappa shape index (κ3) is 2.65. The second-order valence-electron chi connectivity index (χ2n) is 5.24. The Labute approximate surface area is 142 Å². The number of nitrogens with zero attached hydrogens (tertiary/aromatic N) is 1. The largest absolute Gasteiger partial charge is 0.465 e. The number of imide groups is 1. The third-order valence-electron chi connectivity index (χ3n) is 3.81. The molecule has 1 aliphatic heterocycles. The molecule has 2 aromatic carbocycles. The summed E-state index contributed by atoms with van der Waals surface area (Å²) in [5, 5.41) is 0. The third-order valence-corrected chi connectivity index (χ3v) is 3.81. The lowest BCUT2D eigenvalue weighted by molar-refractivity contribution is 0.0598. The van der Waals surface area contributed by atoms with Crippen molar-refractivity contribution >= 4 is 29.4 Å². The predicted molar refractivity (Wildman–Crippen MR) is 86.7 cm³/mol. The average molecular weight is 339 g/mol. The molecule has 0 unspecified atom stereocenters. The first-order valence-corrected chi connectivity index (χ1v) is 7.27. The normalized spacial score (nSPS) is 12.8. The molecule has 2 amide bonds. The molecule has 0 fully saturated rings. The number of amides is 2. The standard InChI is InChI=1S/C18H13NO6/c1-24-17(22)10-7-11(18(23)25-2)9-12(8-10)19-15(20)13-5-3-4-6-14(13)16(19)21/h3-9H,1-2H3. The van der Waals surface area contributed by atoms with Crippen LogP contribution in [0.4, 0.5) is 5.69 Å². The van der Waals surface area contributed by atoms with Crippen molar-refractivity contribution in [3.05, 3.63) is 64.7 Å². The monoisotopic (exact) mass is 339 g/mol. The van der Waals surface area contributed by atoms with Gasteiger partial charge in [0.15, 0.2) is 0 Å². The van der Waals surface area contributed by atoms with Gasteiger partial charge in [-0.3, -0.25) is 9.59 Å². The highest BCUT2D eigenvalue weighted by Crippen LogP contribution is 2.30. The number of rotatable bonds is 3. The lowest BCUT2D eigenvalue weighted by Crippen LogP contribution is -2.30. The van der Waals surface area contributed by atoms with E-state index in [0.29, 0.717) is 0 Å². The van der Waals surface area contributed by atoms with Gasteiger partial charge in [0.1, 0.15) is 0 Å². The molecule has 0 radical (unpaired) electrons. The van der Waals surface area contributed by atoms with Crippen LogP contribution in [0.1, 0.15) is 41.4 Å². The number of benzene rings is 2. The summed E-state index contributed by atoms with van der Waals surface area (Å²) in [7, 11) is 2.38. The van der Waals surface area contributed by atoms with Crippen LogP contribution in [0.25, 0.3) is 0 Å². The van der Waals surface area contributed by atoms with Crippen LogP contribution >= 0.6 is 0 Å². The number of carbonyl (C=O) groups is 4. The van der Waals surface area contributed by atoms with Gasteiger partial charge in [-0.25, -0.2) is 14.5 Å². The van der Waals surface area contributed by atoms with Crippen LogP contribution < -0.4 is 4.90 Å². The van der Waals surface area contributed by atoms with Crippen molar-refractivity contribution in [1.29, 1.82) is 0 Å². The van der Waals surface area contributed by atoms with Gasteiger partial charge in [-0.05, 0) is 30.3 Å². The molecule has 7 heteroatoms.